The van der Waals surface area contributed by atoms with Crippen molar-refractivity contribution in [3.05, 3.63) is 165 Å². The molecule has 8 rings (SSSR count). The minimum absolute atomic E-state index is 0. The van der Waals surface area contributed by atoms with Gasteiger partial charge >= 0.3 is 23.9 Å². The van der Waals surface area contributed by atoms with Crippen LogP contribution in [-0.4, -0.2) is 92.0 Å². The number of ether oxygens (including phenoxy) is 3. The van der Waals surface area contributed by atoms with Crippen LogP contribution in [0.15, 0.2) is 140 Å². The first-order valence-electron chi connectivity index (χ1n) is 26.8. The lowest BCUT2D eigenvalue weighted by Crippen LogP contribution is -2.15. The number of carbonyl (C=O) groups excluding carboxylic acids is 3. The topological polar surface area (TPSA) is 211 Å². The van der Waals surface area contributed by atoms with Gasteiger partial charge in [-0.2, -0.15) is 0 Å². The number of halogens is 4. The van der Waals surface area contributed by atoms with E-state index in [-0.39, 0.29) is 67.7 Å². The number of fused-ring (bicyclic) bond motifs is 4. The molecule has 0 unspecified atom stereocenters. The fraction of sp³-hybridized carbons (Fsp3) is 0.292. The van der Waals surface area contributed by atoms with Gasteiger partial charge in [0.2, 0.25) is 0 Å². The number of carboxylic acid groups (broad SMARTS) is 1. The van der Waals surface area contributed by atoms with Gasteiger partial charge in [0, 0.05) is 106 Å². The molecule has 0 spiro atoms. The molecule has 2 aliphatic heterocycles. The molecule has 448 valence electrons. The Bertz CT molecular complexity index is 3700. The third-order valence-corrected chi connectivity index (χ3v) is 12.6. The third kappa shape index (κ3) is 17.9. The maximum Gasteiger partial charge on any atom is 0.338 e. The molecule has 0 radical (unpaired) electrons. The number of aromatic carboxylic acids is 1. The van der Waals surface area contributed by atoms with E-state index >= 15 is 0 Å². The van der Waals surface area contributed by atoms with Crippen molar-refractivity contribution in [3.63, 3.8) is 0 Å². The molecule has 0 bridgehead atoms. The number of esters is 3. The average Bonchev–Trinajstić information content (AvgIpc) is 2.19. The second-order valence-electron chi connectivity index (χ2n) is 18.7. The Morgan fingerprint density at radius 3 is 1.35 bits per heavy atom. The van der Waals surface area contributed by atoms with Crippen LogP contribution >= 0.6 is 48.0 Å². The van der Waals surface area contributed by atoms with Crippen LogP contribution in [0.25, 0.3) is 66.8 Å². The molecular formula is C65H74Cl4N4O11. The van der Waals surface area contributed by atoms with Gasteiger partial charge in [-0.05, 0) is 139 Å². The van der Waals surface area contributed by atoms with Crippen LogP contribution in [0.4, 0.5) is 11.4 Å². The van der Waals surface area contributed by atoms with Gasteiger partial charge < -0.3 is 43.9 Å². The van der Waals surface area contributed by atoms with Gasteiger partial charge in [0.1, 0.15) is 42.5 Å². The largest absolute Gasteiger partial charge is 0.478 e. The summed E-state index contributed by atoms with van der Waals surface area (Å²) in [6.45, 7) is 29.0. The predicted octanol–water partition coefficient (Wildman–Crippen LogP) is 14.7. The van der Waals surface area contributed by atoms with E-state index in [1.807, 2.05) is 96.1 Å². The summed E-state index contributed by atoms with van der Waals surface area (Å²) >= 11 is 9.53. The van der Waals surface area contributed by atoms with Crippen molar-refractivity contribution in [2.24, 2.45) is 9.98 Å². The van der Waals surface area contributed by atoms with E-state index in [4.69, 9.17) is 46.6 Å². The summed E-state index contributed by atoms with van der Waals surface area (Å²) in [6.07, 6.45) is 0. The lowest BCUT2D eigenvalue weighted by atomic mass is 9.89. The predicted molar refractivity (Wildman–Crippen MR) is 343 cm³/mol. The Morgan fingerprint density at radius 2 is 0.952 bits per heavy atom. The van der Waals surface area contributed by atoms with Gasteiger partial charge in [-0.1, -0.05) is 49.6 Å². The Hall–Kier alpha value is -7.66. The van der Waals surface area contributed by atoms with E-state index in [2.05, 4.69) is 70.6 Å². The Balaban J connectivity index is 0.000000367. The van der Waals surface area contributed by atoms with Gasteiger partial charge in [0.15, 0.2) is 0 Å². The van der Waals surface area contributed by atoms with Crippen LogP contribution in [0.5, 0.6) is 0 Å². The number of nitrogens with one attached hydrogen (secondary N) is 2. The third-order valence-electron chi connectivity index (χ3n) is 12.6. The van der Waals surface area contributed by atoms with E-state index in [1.54, 1.807) is 38.1 Å². The molecule has 0 aromatic heterocycles. The molecule has 0 fully saturated rings. The fourth-order valence-corrected chi connectivity index (χ4v) is 8.90. The number of hydrogen-bond donors (Lipinski definition) is 4. The number of aliphatic hydroxyl groups excluding tert-OH is 1. The lowest BCUT2D eigenvalue weighted by molar-refractivity contribution is -0.140. The first-order chi connectivity index (χ1) is 39.3. The summed E-state index contributed by atoms with van der Waals surface area (Å²) in [5.41, 5.74) is 13.8. The Kier molecular flexibility index (Phi) is 28.7. The molecule has 84 heavy (non-hydrogen) atoms. The van der Waals surface area contributed by atoms with Crippen molar-refractivity contribution in [1.82, 2.24) is 0 Å². The first kappa shape index (κ1) is 70.6. The number of nitrogens with zero attached hydrogens (tertiary/aromatic N) is 2. The maximum atomic E-state index is 13.3. The molecule has 4 aliphatic rings. The van der Waals surface area contributed by atoms with E-state index in [0.29, 0.717) is 52.5 Å². The van der Waals surface area contributed by atoms with Crippen molar-refractivity contribution in [2.75, 3.05) is 68.6 Å². The molecule has 0 atom stereocenters. The molecule has 2 aliphatic carbocycles. The number of anilines is 2. The van der Waals surface area contributed by atoms with Crippen LogP contribution in [0.3, 0.4) is 0 Å². The highest BCUT2D eigenvalue weighted by molar-refractivity contribution is 6.40. The number of rotatable bonds is 17. The van der Waals surface area contributed by atoms with Gasteiger partial charge in [0.05, 0.1) is 33.8 Å². The summed E-state index contributed by atoms with van der Waals surface area (Å²) in [4.78, 5) is 56.6. The highest BCUT2D eigenvalue weighted by Crippen LogP contribution is 2.45. The number of hydrogen-bond acceptors (Lipinski definition) is 14. The normalized spacial score (nSPS) is 10.9. The van der Waals surface area contributed by atoms with Gasteiger partial charge in [-0.15, -0.1) is 48.0 Å². The van der Waals surface area contributed by atoms with Crippen LogP contribution in [-0.2, 0) is 23.8 Å². The number of carboxylic acids is 1. The lowest BCUT2D eigenvalue weighted by Gasteiger charge is -2.19. The molecule has 19 heteroatoms. The van der Waals surface area contributed by atoms with E-state index < -0.39 is 23.9 Å². The zero-order chi connectivity index (χ0) is 60.2. The summed E-state index contributed by atoms with van der Waals surface area (Å²) < 4.78 is 27.8. The second-order valence-corrected chi connectivity index (χ2v) is 19.6. The summed E-state index contributed by atoms with van der Waals surface area (Å²) in [6, 6.07) is 30.7. The second kappa shape index (κ2) is 34.2. The van der Waals surface area contributed by atoms with Crippen LogP contribution < -0.4 is 21.3 Å². The summed E-state index contributed by atoms with van der Waals surface area (Å²) in [5, 5.41) is 28.5. The van der Waals surface area contributed by atoms with Crippen molar-refractivity contribution >= 4 is 105 Å². The summed E-state index contributed by atoms with van der Waals surface area (Å²) in [7, 11) is 0. The molecule has 4 aromatic carbocycles. The quantitative estimate of drug-likeness (QED) is 0.0167. The van der Waals surface area contributed by atoms with Crippen molar-refractivity contribution < 1.29 is 52.4 Å². The number of aryl methyl sites for hydroxylation is 4. The standard InChI is InChI=1S/C32H34N2O5.C26H26N2O3.C6H10O3.CH2Cl2.2ClH/c1-7-33-26-17-28-24(15-20(26)5)30(25-16-21(6)27(34-8-2)18-29(25)39-28)22-11-9-10-12-23(22)32(36)38-14-13-37-31(35)19(3)4;1-5-27-21-13-23-19(11-15(21)3)25(17-9-7-8-10-18(17)26(29)30)20-12-16(4)22(28-6-2)14-24(20)31-23;1-5(2)6(8)9-4-3-7;2-1-3;;/h9-12,15-18,33H,3,7-8,13-14H2,1-2,4-6H3;7-14,27H,5-6H2,1-4H3,(H,29,30);7H,1,3-4H2,2H3;1H2;2*1H. The Morgan fingerprint density at radius 1 is 0.560 bits per heavy atom. The SMILES string of the molecule is C=C(C)C(=O)OCCO.C=C(C)C(=O)OCCOC(=O)c1ccccc1-c1c2cc(C)c(=NCC)cc-2oc2cc(NCC)c(C)cc12.CCN=c1cc2oc3cc(NCC)c(C)cc3c(-c3ccccc3C(=O)O)c-2cc1C.Cl.Cl.ClCCl. The number of benzene rings is 6. The van der Waals surface area contributed by atoms with Crippen molar-refractivity contribution in [3.8, 4) is 44.9 Å². The fourth-order valence-electron chi connectivity index (χ4n) is 8.90. The molecule has 0 saturated heterocycles. The molecule has 0 saturated carbocycles. The van der Waals surface area contributed by atoms with Crippen LogP contribution in [0.2, 0.25) is 0 Å². The number of carbonyl (C=O) groups is 4. The highest BCUT2D eigenvalue weighted by Gasteiger charge is 2.25. The van der Waals surface area contributed by atoms with Crippen LogP contribution in [0.1, 0.15) is 84.5 Å². The van der Waals surface area contributed by atoms with Gasteiger partial charge in [-0.25, -0.2) is 19.2 Å². The van der Waals surface area contributed by atoms with Gasteiger partial charge in [-0.3, -0.25) is 9.98 Å². The first-order valence-corrected chi connectivity index (χ1v) is 27.9. The van der Waals surface area contributed by atoms with Crippen molar-refractivity contribution in [2.45, 2.75) is 69.2 Å². The average molecular weight is 1230 g/mol. The molecule has 15 nitrogen and oxygen atoms in total. The molecule has 2 heterocycles. The molecule has 4 aromatic rings. The maximum absolute atomic E-state index is 13.3. The molecule has 4 N–H and O–H groups in total. The minimum Gasteiger partial charge on any atom is -0.478 e. The van der Waals surface area contributed by atoms with Crippen molar-refractivity contribution in [1.29, 1.82) is 0 Å². The minimum atomic E-state index is -0.951. The molecular weight excluding hydrogens is 1150 g/mol. The highest BCUT2D eigenvalue weighted by atomic mass is 35.5. The van der Waals surface area contributed by atoms with E-state index in [9.17, 15) is 24.3 Å². The zero-order valence-corrected chi connectivity index (χ0v) is 52.2. The zero-order valence-electron chi connectivity index (χ0n) is 49.1. The van der Waals surface area contributed by atoms with Crippen LogP contribution in [0, 0.1) is 27.7 Å². The molecule has 0 amide bonds. The van der Waals surface area contributed by atoms with Gasteiger partial charge in [0.25, 0.3) is 0 Å². The Labute approximate surface area is 513 Å². The van der Waals surface area contributed by atoms with E-state index in [0.717, 1.165) is 96.0 Å². The summed E-state index contributed by atoms with van der Waals surface area (Å²) in [5.74, 6) is -1.07. The van der Waals surface area contributed by atoms with E-state index in [1.165, 1.54) is 0 Å². The number of aliphatic hydroxyl groups is 1. The monoisotopic (exact) mass is 1230 g/mol. The number of alkyl halides is 2. The smallest absolute Gasteiger partial charge is 0.338 e.